The predicted molar refractivity (Wildman–Crippen MR) is 132 cm³/mol. The molecule has 0 radical (unpaired) electrons. The van der Waals surface area contributed by atoms with Gasteiger partial charge in [0, 0.05) is 42.3 Å². The molecular formula is C28H29F2N3O2. The summed E-state index contributed by atoms with van der Waals surface area (Å²) in [6.07, 6.45) is 1.81. The summed E-state index contributed by atoms with van der Waals surface area (Å²) in [5, 5.41) is 13.0. The monoisotopic (exact) mass is 477 g/mol. The minimum Gasteiger partial charge on any atom is -0.395 e. The van der Waals surface area contributed by atoms with Gasteiger partial charge in [-0.2, -0.15) is 0 Å². The van der Waals surface area contributed by atoms with E-state index in [0.29, 0.717) is 24.3 Å². The molecule has 2 aliphatic rings. The van der Waals surface area contributed by atoms with Crippen molar-refractivity contribution in [1.82, 2.24) is 9.80 Å². The molecule has 0 bridgehead atoms. The summed E-state index contributed by atoms with van der Waals surface area (Å²) >= 11 is 0. The van der Waals surface area contributed by atoms with Gasteiger partial charge in [-0.25, -0.2) is 13.6 Å². The van der Waals surface area contributed by atoms with Crippen molar-refractivity contribution in [3.8, 4) is 11.1 Å². The van der Waals surface area contributed by atoms with Crippen LogP contribution in [0.5, 0.6) is 0 Å². The third-order valence-corrected chi connectivity index (χ3v) is 7.23. The molecule has 2 saturated heterocycles. The first-order valence-corrected chi connectivity index (χ1v) is 12.1. The van der Waals surface area contributed by atoms with Crippen LogP contribution in [0.15, 0.2) is 72.8 Å². The fraction of sp³-hybridized carbons (Fsp3) is 0.321. The van der Waals surface area contributed by atoms with Crippen LogP contribution in [0.25, 0.3) is 11.1 Å². The van der Waals surface area contributed by atoms with E-state index in [1.165, 1.54) is 18.2 Å². The third-order valence-electron chi connectivity index (χ3n) is 7.23. The maximum atomic E-state index is 14.2. The summed E-state index contributed by atoms with van der Waals surface area (Å²) in [6, 6.07) is 20.2. The minimum atomic E-state index is -0.349. The van der Waals surface area contributed by atoms with Gasteiger partial charge in [0.15, 0.2) is 0 Å². The van der Waals surface area contributed by atoms with E-state index in [1.807, 2.05) is 35.2 Å². The third kappa shape index (κ3) is 4.79. The molecule has 35 heavy (non-hydrogen) atoms. The Hall–Kier alpha value is -3.29. The molecule has 0 saturated carbocycles. The van der Waals surface area contributed by atoms with Crippen LogP contribution >= 0.6 is 0 Å². The summed E-state index contributed by atoms with van der Waals surface area (Å²) in [7, 11) is 0. The molecule has 3 atom stereocenters. The number of halogens is 2. The van der Waals surface area contributed by atoms with Crippen LogP contribution in [-0.2, 0) is 0 Å². The molecular weight excluding hydrogens is 448 g/mol. The van der Waals surface area contributed by atoms with Gasteiger partial charge >= 0.3 is 6.03 Å². The van der Waals surface area contributed by atoms with Crippen molar-refractivity contribution < 1.29 is 18.7 Å². The van der Waals surface area contributed by atoms with Crippen LogP contribution in [0, 0.1) is 11.6 Å². The number of anilines is 1. The minimum absolute atomic E-state index is 0.0144. The first-order valence-electron chi connectivity index (χ1n) is 12.1. The Labute approximate surface area is 204 Å². The highest BCUT2D eigenvalue weighted by Gasteiger charge is 2.49. The van der Waals surface area contributed by atoms with Crippen LogP contribution in [0.3, 0.4) is 0 Å². The zero-order chi connectivity index (χ0) is 24.4. The second-order valence-electron chi connectivity index (χ2n) is 9.27. The molecule has 5 rings (SSSR count). The number of hydrogen-bond acceptors (Lipinski definition) is 3. The molecule has 7 heteroatoms. The van der Waals surface area contributed by atoms with Crippen LogP contribution in [0.2, 0.25) is 0 Å². The largest absolute Gasteiger partial charge is 0.395 e. The number of nitrogens with one attached hydrogen (secondary N) is 1. The molecule has 3 aromatic carbocycles. The summed E-state index contributed by atoms with van der Waals surface area (Å²) < 4.78 is 27.5. The maximum absolute atomic E-state index is 14.2. The molecule has 0 aromatic heterocycles. The summed E-state index contributed by atoms with van der Waals surface area (Å²) in [4.78, 5) is 17.2. The highest BCUT2D eigenvalue weighted by atomic mass is 19.1. The quantitative estimate of drug-likeness (QED) is 0.551. The molecule has 2 amide bonds. The molecule has 2 aliphatic heterocycles. The van der Waals surface area contributed by atoms with Gasteiger partial charge in [0.25, 0.3) is 0 Å². The number of benzene rings is 3. The Morgan fingerprint density at radius 3 is 2.37 bits per heavy atom. The number of aliphatic hydroxyl groups is 1. The molecule has 0 aliphatic carbocycles. The van der Waals surface area contributed by atoms with Crippen molar-refractivity contribution in [2.45, 2.75) is 30.8 Å². The molecule has 182 valence electrons. The number of carbonyl (C=O) groups is 1. The van der Waals surface area contributed by atoms with Crippen molar-refractivity contribution in [3.05, 3.63) is 90.0 Å². The van der Waals surface area contributed by atoms with E-state index < -0.39 is 0 Å². The number of aliphatic hydroxyl groups excluding tert-OH is 1. The molecule has 0 spiro atoms. The SMILES string of the molecule is O=C(Nc1ccc(F)cc1)N1CCCCN2[C@H](CO)[C@H](c3ccc(-c4ccccc4F)cc3)[C@@H]2C1. The lowest BCUT2D eigenvalue weighted by Crippen LogP contribution is -2.68. The fourth-order valence-electron chi connectivity index (χ4n) is 5.44. The van der Waals surface area contributed by atoms with E-state index in [2.05, 4.69) is 10.2 Å². The smallest absolute Gasteiger partial charge is 0.321 e. The van der Waals surface area contributed by atoms with Crippen LogP contribution in [-0.4, -0.2) is 59.3 Å². The highest BCUT2D eigenvalue weighted by Crippen LogP contribution is 2.42. The van der Waals surface area contributed by atoms with Gasteiger partial charge in [-0.15, -0.1) is 0 Å². The summed E-state index contributed by atoms with van der Waals surface area (Å²) in [5.41, 5.74) is 2.99. The Balaban J connectivity index is 1.35. The molecule has 2 fully saturated rings. The van der Waals surface area contributed by atoms with Gasteiger partial charge in [0.2, 0.25) is 0 Å². The van der Waals surface area contributed by atoms with Gasteiger partial charge < -0.3 is 15.3 Å². The van der Waals surface area contributed by atoms with E-state index in [0.717, 1.165) is 30.5 Å². The van der Waals surface area contributed by atoms with E-state index >= 15 is 0 Å². The standard InChI is InChI=1S/C28H29F2N3O2/c29-21-11-13-22(14-12-21)31-28(35)32-15-3-4-16-33-25(17-32)27(26(33)18-34)20-9-7-19(8-10-20)23-5-1-2-6-24(23)30/h1-2,5-14,25-27,34H,3-4,15-18H2,(H,31,35)/t25-,26+,27+/m0/s1. The normalized spacial score (nSPS) is 22.5. The predicted octanol–water partition coefficient (Wildman–Crippen LogP) is 5.09. The number of rotatable bonds is 4. The Kier molecular flexibility index (Phi) is 6.79. The van der Waals surface area contributed by atoms with Crippen molar-refractivity contribution in [2.24, 2.45) is 0 Å². The Bertz CT molecular complexity index is 1170. The van der Waals surface area contributed by atoms with Gasteiger partial charge in [-0.1, -0.05) is 42.5 Å². The first-order chi connectivity index (χ1) is 17.0. The van der Waals surface area contributed by atoms with Crippen molar-refractivity contribution in [3.63, 3.8) is 0 Å². The number of fused-ring (bicyclic) bond motifs is 1. The van der Waals surface area contributed by atoms with Crippen molar-refractivity contribution >= 4 is 11.7 Å². The van der Waals surface area contributed by atoms with Gasteiger partial charge in [-0.3, -0.25) is 4.90 Å². The molecule has 0 unspecified atom stereocenters. The zero-order valence-corrected chi connectivity index (χ0v) is 19.4. The van der Waals surface area contributed by atoms with Gasteiger partial charge in [0.05, 0.1) is 6.61 Å². The maximum Gasteiger partial charge on any atom is 0.321 e. The average molecular weight is 478 g/mol. The number of amides is 2. The molecule has 2 N–H and O–H groups in total. The van der Waals surface area contributed by atoms with Gasteiger partial charge in [0.1, 0.15) is 11.6 Å². The lowest BCUT2D eigenvalue weighted by Gasteiger charge is -2.57. The van der Waals surface area contributed by atoms with Crippen molar-refractivity contribution in [1.29, 1.82) is 0 Å². The lowest BCUT2D eigenvalue weighted by molar-refractivity contribution is -0.0585. The zero-order valence-electron chi connectivity index (χ0n) is 19.4. The summed E-state index contributed by atoms with van der Waals surface area (Å²) in [5.74, 6) is -0.543. The van der Waals surface area contributed by atoms with E-state index in [1.54, 1.807) is 24.3 Å². The second kappa shape index (κ2) is 10.1. The van der Waals surface area contributed by atoms with Gasteiger partial charge in [-0.05, 0) is 60.8 Å². The Morgan fingerprint density at radius 2 is 1.66 bits per heavy atom. The topological polar surface area (TPSA) is 55.8 Å². The van der Waals surface area contributed by atoms with E-state index in [9.17, 15) is 18.7 Å². The summed E-state index contributed by atoms with van der Waals surface area (Å²) in [6.45, 7) is 2.09. The first kappa shape index (κ1) is 23.5. The van der Waals surface area contributed by atoms with Crippen LogP contribution in [0.4, 0.5) is 19.3 Å². The molecule has 3 aromatic rings. The average Bonchev–Trinajstić information content (AvgIpc) is 2.85. The van der Waals surface area contributed by atoms with E-state index in [-0.39, 0.29) is 42.3 Å². The molecule has 2 heterocycles. The lowest BCUT2D eigenvalue weighted by atomic mass is 9.74. The second-order valence-corrected chi connectivity index (χ2v) is 9.27. The van der Waals surface area contributed by atoms with Crippen LogP contribution < -0.4 is 5.32 Å². The van der Waals surface area contributed by atoms with E-state index in [4.69, 9.17) is 0 Å². The number of urea groups is 1. The Morgan fingerprint density at radius 1 is 0.943 bits per heavy atom. The number of carbonyl (C=O) groups excluding carboxylic acids is 1. The fourth-order valence-corrected chi connectivity index (χ4v) is 5.44. The van der Waals surface area contributed by atoms with Crippen molar-refractivity contribution in [2.75, 3.05) is 31.6 Å². The van der Waals surface area contributed by atoms with Crippen LogP contribution in [0.1, 0.15) is 24.3 Å². The molecule has 5 nitrogen and oxygen atoms in total. The number of hydrogen-bond donors (Lipinski definition) is 2. The highest BCUT2D eigenvalue weighted by molar-refractivity contribution is 5.89. The number of nitrogens with zero attached hydrogens (tertiary/aromatic N) is 2.